The Morgan fingerprint density at radius 1 is 1.28 bits per heavy atom. The van der Waals surface area contributed by atoms with Gasteiger partial charge in [-0.2, -0.15) is 0 Å². The van der Waals surface area contributed by atoms with E-state index in [1.807, 2.05) is 0 Å². The van der Waals surface area contributed by atoms with Crippen LogP contribution in [0.4, 0.5) is 0 Å². The fraction of sp³-hybridized carbons (Fsp3) is 1.00. The third-order valence-electron chi connectivity index (χ3n) is 4.23. The molecule has 0 spiro atoms. The molecule has 4 nitrogen and oxygen atoms in total. The summed E-state index contributed by atoms with van der Waals surface area (Å²) in [7, 11) is -2.76. The van der Waals surface area contributed by atoms with Gasteiger partial charge in [0, 0.05) is 18.6 Å². The number of likely N-dealkylation sites (tertiary alicyclic amines) is 1. The zero-order valence-electron chi connectivity index (χ0n) is 11.6. The van der Waals surface area contributed by atoms with E-state index >= 15 is 0 Å². The Labute approximate surface area is 111 Å². The van der Waals surface area contributed by atoms with Gasteiger partial charge in [-0.3, -0.25) is 4.90 Å². The second-order valence-corrected chi connectivity index (χ2v) is 8.29. The first-order valence-corrected chi connectivity index (χ1v) is 8.98. The van der Waals surface area contributed by atoms with Crippen molar-refractivity contribution in [2.45, 2.75) is 45.2 Å². The van der Waals surface area contributed by atoms with Crippen molar-refractivity contribution < 1.29 is 8.42 Å². The number of sulfone groups is 1. The lowest BCUT2D eigenvalue weighted by molar-refractivity contribution is 0.183. The maximum Gasteiger partial charge on any atom is 0.151 e. The third kappa shape index (κ3) is 3.68. The van der Waals surface area contributed by atoms with Gasteiger partial charge in [0.05, 0.1) is 11.5 Å². The second kappa shape index (κ2) is 5.88. The monoisotopic (exact) mass is 274 g/mol. The van der Waals surface area contributed by atoms with Crippen LogP contribution in [0.2, 0.25) is 0 Å². The average molecular weight is 274 g/mol. The summed E-state index contributed by atoms with van der Waals surface area (Å²) in [5.41, 5.74) is 0. The Kier molecular flexibility index (Phi) is 4.67. The van der Waals surface area contributed by atoms with E-state index in [0.717, 1.165) is 13.0 Å². The van der Waals surface area contributed by atoms with Gasteiger partial charge in [0.15, 0.2) is 9.84 Å². The first-order valence-electron chi connectivity index (χ1n) is 7.16. The lowest BCUT2D eigenvalue weighted by Crippen LogP contribution is -2.47. The van der Waals surface area contributed by atoms with Crippen LogP contribution in [-0.4, -0.2) is 56.5 Å². The smallest absolute Gasteiger partial charge is 0.151 e. The summed E-state index contributed by atoms with van der Waals surface area (Å²) in [6.45, 7) is 7.85. The molecule has 0 aromatic heterocycles. The third-order valence-corrected chi connectivity index (χ3v) is 6.00. The molecular weight excluding hydrogens is 248 g/mol. The highest BCUT2D eigenvalue weighted by atomic mass is 32.2. The molecule has 2 aliphatic heterocycles. The van der Waals surface area contributed by atoms with Gasteiger partial charge in [-0.15, -0.1) is 0 Å². The quantitative estimate of drug-likeness (QED) is 0.809. The molecule has 0 amide bonds. The van der Waals surface area contributed by atoms with E-state index < -0.39 is 9.84 Å². The van der Waals surface area contributed by atoms with Gasteiger partial charge in [-0.25, -0.2) is 8.42 Å². The molecular formula is C13H26N2O2S. The molecule has 2 aliphatic rings. The molecule has 2 rings (SSSR count). The van der Waals surface area contributed by atoms with Gasteiger partial charge in [-0.1, -0.05) is 13.8 Å². The van der Waals surface area contributed by atoms with E-state index in [-0.39, 0.29) is 6.04 Å². The van der Waals surface area contributed by atoms with E-state index in [1.165, 1.54) is 25.9 Å². The number of rotatable bonds is 5. The minimum Gasteiger partial charge on any atom is -0.311 e. The minimum atomic E-state index is -2.76. The van der Waals surface area contributed by atoms with Crippen molar-refractivity contribution >= 4 is 9.84 Å². The van der Waals surface area contributed by atoms with Crippen LogP contribution in [0.1, 0.15) is 33.1 Å². The van der Waals surface area contributed by atoms with Crippen molar-refractivity contribution in [3.8, 4) is 0 Å². The minimum absolute atomic E-state index is 0.179. The van der Waals surface area contributed by atoms with E-state index in [4.69, 9.17) is 0 Å². The molecule has 1 N–H and O–H groups in total. The van der Waals surface area contributed by atoms with Crippen LogP contribution in [0.5, 0.6) is 0 Å². The Morgan fingerprint density at radius 2 is 1.94 bits per heavy atom. The van der Waals surface area contributed by atoms with Gasteiger partial charge in [-0.05, 0) is 38.3 Å². The summed E-state index contributed by atoms with van der Waals surface area (Å²) in [6, 6.07) is 0.731. The van der Waals surface area contributed by atoms with Crippen molar-refractivity contribution in [1.29, 1.82) is 0 Å². The molecule has 0 bridgehead atoms. The van der Waals surface area contributed by atoms with Crippen LogP contribution in [0, 0.1) is 5.92 Å². The number of nitrogens with zero attached hydrogens (tertiary/aromatic N) is 1. The first kappa shape index (κ1) is 14.3. The van der Waals surface area contributed by atoms with Crippen LogP contribution in [0.25, 0.3) is 0 Å². The van der Waals surface area contributed by atoms with Crippen LogP contribution in [0.15, 0.2) is 0 Å². The highest BCUT2D eigenvalue weighted by Crippen LogP contribution is 2.18. The lowest BCUT2D eigenvalue weighted by Gasteiger charge is -2.32. The van der Waals surface area contributed by atoms with Crippen LogP contribution in [0.3, 0.4) is 0 Å². The zero-order valence-corrected chi connectivity index (χ0v) is 12.4. The molecule has 0 aromatic carbocycles. The van der Waals surface area contributed by atoms with Crippen LogP contribution >= 0.6 is 0 Å². The lowest BCUT2D eigenvalue weighted by atomic mass is 10.0. The molecule has 2 saturated heterocycles. The molecule has 2 atom stereocenters. The number of hydrogen-bond acceptors (Lipinski definition) is 4. The van der Waals surface area contributed by atoms with Crippen LogP contribution in [-0.2, 0) is 9.84 Å². The highest BCUT2D eigenvalue weighted by Gasteiger charge is 2.30. The molecule has 106 valence electrons. The Morgan fingerprint density at radius 3 is 2.44 bits per heavy atom. The van der Waals surface area contributed by atoms with Crippen molar-refractivity contribution in [3.63, 3.8) is 0 Å². The molecule has 2 unspecified atom stereocenters. The predicted molar refractivity (Wildman–Crippen MR) is 74.5 cm³/mol. The second-order valence-electron chi connectivity index (χ2n) is 6.06. The zero-order chi connectivity index (χ0) is 13.2. The maximum atomic E-state index is 11.4. The highest BCUT2D eigenvalue weighted by molar-refractivity contribution is 7.91. The fourth-order valence-corrected chi connectivity index (χ4v) is 4.81. The first-order chi connectivity index (χ1) is 8.48. The molecule has 5 heteroatoms. The average Bonchev–Trinajstić information content (AvgIpc) is 2.88. The molecule has 18 heavy (non-hydrogen) atoms. The molecule has 0 aliphatic carbocycles. The van der Waals surface area contributed by atoms with E-state index in [0.29, 0.717) is 23.5 Å². The number of hydrogen-bond donors (Lipinski definition) is 1. The van der Waals surface area contributed by atoms with Crippen molar-refractivity contribution in [1.82, 2.24) is 10.2 Å². The van der Waals surface area contributed by atoms with E-state index in [1.54, 1.807) is 0 Å². The maximum absolute atomic E-state index is 11.4. The van der Waals surface area contributed by atoms with Gasteiger partial charge in [0.25, 0.3) is 0 Å². The standard InChI is InChI=1S/C13H26N2O2S/c1-11(2)13(15-6-3-4-7-15)9-14-12-5-8-18(16,17)10-12/h11-14H,3-10H2,1-2H3. The van der Waals surface area contributed by atoms with E-state index in [9.17, 15) is 8.42 Å². The normalized spacial score (nSPS) is 30.1. The van der Waals surface area contributed by atoms with Crippen molar-refractivity contribution in [2.75, 3.05) is 31.1 Å². The fourth-order valence-electron chi connectivity index (χ4n) is 3.10. The van der Waals surface area contributed by atoms with E-state index in [2.05, 4.69) is 24.1 Å². The summed E-state index contributed by atoms with van der Waals surface area (Å²) < 4.78 is 22.9. The Balaban J connectivity index is 1.83. The van der Waals surface area contributed by atoms with Gasteiger partial charge >= 0.3 is 0 Å². The molecule has 0 saturated carbocycles. The number of nitrogens with one attached hydrogen (secondary N) is 1. The van der Waals surface area contributed by atoms with Gasteiger partial charge < -0.3 is 5.32 Å². The largest absolute Gasteiger partial charge is 0.311 e. The predicted octanol–water partition coefficient (Wildman–Crippen LogP) is 0.884. The topological polar surface area (TPSA) is 49.4 Å². The summed E-state index contributed by atoms with van der Waals surface area (Å²) in [5.74, 6) is 1.31. The summed E-state index contributed by atoms with van der Waals surface area (Å²) in [6.07, 6.45) is 3.40. The molecule has 2 fully saturated rings. The summed E-state index contributed by atoms with van der Waals surface area (Å²) in [4.78, 5) is 2.56. The Bertz CT molecular complexity index is 361. The van der Waals surface area contributed by atoms with Crippen molar-refractivity contribution in [2.24, 2.45) is 5.92 Å². The summed E-state index contributed by atoms with van der Waals surface area (Å²) >= 11 is 0. The molecule has 0 radical (unpaired) electrons. The van der Waals surface area contributed by atoms with Crippen LogP contribution < -0.4 is 5.32 Å². The molecule has 2 heterocycles. The SMILES string of the molecule is CC(C)C(CNC1CCS(=O)(=O)C1)N1CCCC1. The summed E-state index contributed by atoms with van der Waals surface area (Å²) in [5, 5.41) is 3.47. The van der Waals surface area contributed by atoms with Gasteiger partial charge in [0.2, 0.25) is 0 Å². The van der Waals surface area contributed by atoms with Crippen molar-refractivity contribution in [3.05, 3.63) is 0 Å². The molecule has 0 aromatic rings. The Hall–Kier alpha value is -0.130. The van der Waals surface area contributed by atoms with Gasteiger partial charge in [0.1, 0.15) is 0 Å².